The predicted octanol–water partition coefficient (Wildman–Crippen LogP) is 2.76. The van der Waals surface area contributed by atoms with E-state index in [9.17, 15) is 9.90 Å². The molecule has 1 aliphatic heterocycles. The van der Waals surface area contributed by atoms with Crippen LogP contribution < -0.4 is 4.74 Å². The van der Waals surface area contributed by atoms with E-state index in [0.717, 1.165) is 19.4 Å². The van der Waals surface area contributed by atoms with Crippen LogP contribution in [-0.2, 0) is 6.42 Å². The largest absolute Gasteiger partial charge is 0.492 e. The molecule has 1 heterocycles. The number of likely N-dealkylation sites (tertiary alicyclic amines) is 1. The second kappa shape index (κ2) is 6.89. The molecule has 4 heteroatoms. The topological polar surface area (TPSA) is 49.8 Å². The maximum atomic E-state index is 12.9. The molecule has 3 atom stereocenters. The van der Waals surface area contributed by atoms with Gasteiger partial charge in [-0.1, -0.05) is 42.5 Å². The molecule has 1 aliphatic carbocycles. The van der Waals surface area contributed by atoms with Gasteiger partial charge in [0.25, 0.3) is 5.91 Å². The first kappa shape index (κ1) is 16.2. The van der Waals surface area contributed by atoms with Crippen LogP contribution in [0.2, 0.25) is 0 Å². The highest BCUT2D eigenvalue weighted by Gasteiger charge is 2.47. The smallest absolute Gasteiger partial charge is 0.257 e. The Hall–Kier alpha value is -2.33. The molecule has 1 saturated carbocycles. The third kappa shape index (κ3) is 3.27. The van der Waals surface area contributed by atoms with Gasteiger partial charge in [0.1, 0.15) is 5.75 Å². The molecule has 0 spiro atoms. The van der Waals surface area contributed by atoms with Crippen LogP contribution >= 0.6 is 0 Å². The second-order valence-corrected chi connectivity index (χ2v) is 7.02. The molecule has 4 rings (SSSR count). The minimum atomic E-state index is -0.236. The summed E-state index contributed by atoms with van der Waals surface area (Å²) in [6.45, 7) is 1.94. The Labute approximate surface area is 148 Å². The summed E-state index contributed by atoms with van der Waals surface area (Å²) >= 11 is 0. The summed E-state index contributed by atoms with van der Waals surface area (Å²) in [4.78, 5) is 14.8. The fourth-order valence-electron chi connectivity index (χ4n) is 3.90. The molecular formula is C21H23NO3. The average molecular weight is 337 g/mol. The first-order valence-electron chi connectivity index (χ1n) is 8.95. The molecular weight excluding hydrogens is 314 g/mol. The highest BCUT2D eigenvalue weighted by atomic mass is 16.5. The van der Waals surface area contributed by atoms with Crippen LogP contribution in [0.5, 0.6) is 5.75 Å². The fraction of sp³-hybridized carbons (Fsp3) is 0.381. The molecule has 130 valence electrons. The van der Waals surface area contributed by atoms with Crippen molar-refractivity contribution in [2.24, 2.45) is 11.8 Å². The Balaban J connectivity index is 1.41. The van der Waals surface area contributed by atoms with E-state index in [1.54, 1.807) is 0 Å². The quantitative estimate of drug-likeness (QED) is 0.913. The van der Waals surface area contributed by atoms with E-state index < -0.39 is 0 Å². The molecule has 0 unspecified atom stereocenters. The summed E-state index contributed by atoms with van der Waals surface area (Å²) < 4.78 is 5.92. The van der Waals surface area contributed by atoms with Gasteiger partial charge in [0.05, 0.1) is 18.3 Å². The van der Waals surface area contributed by atoms with E-state index in [0.29, 0.717) is 30.4 Å². The third-order valence-electron chi connectivity index (χ3n) is 5.43. The number of aliphatic hydroxyl groups excluding tert-OH is 1. The highest BCUT2D eigenvalue weighted by molar-refractivity contribution is 5.97. The molecule has 0 bridgehead atoms. The number of rotatable bonds is 5. The monoisotopic (exact) mass is 337 g/mol. The summed E-state index contributed by atoms with van der Waals surface area (Å²) in [5, 5.41) is 9.80. The van der Waals surface area contributed by atoms with Crippen LogP contribution in [0.15, 0.2) is 54.6 Å². The van der Waals surface area contributed by atoms with Crippen molar-refractivity contribution < 1.29 is 14.6 Å². The Morgan fingerprint density at radius 3 is 2.60 bits per heavy atom. The van der Waals surface area contributed by atoms with Crippen LogP contribution in [0.4, 0.5) is 0 Å². The Bertz CT molecular complexity index is 746. The van der Waals surface area contributed by atoms with Gasteiger partial charge in [0.15, 0.2) is 0 Å². The van der Waals surface area contributed by atoms with Crippen LogP contribution in [0.25, 0.3) is 0 Å². The van der Waals surface area contributed by atoms with Gasteiger partial charge in [-0.15, -0.1) is 0 Å². The minimum Gasteiger partial charge on any atom is -0.492 e. The van der Waals surface area contributed by atoms with Gasteiger partial charge in [-0.25, -0.2) is 0 Å². The van der Waals surface area contributed by atoms with Crippen LogP contribution in [0, 0.1) is 11.8 Å². The van der Waals surface area contributed by atoms with Gasteiger partial charge >= 0.3 is 0 Å². The van der Waals surface area contributed by atoms with Gasteiger partial charge in [0.2, 0.25) is 0 Å². The molecule has 1 saturated heterocycles. The zero-order valence-corrected chi connectivity index (χ0v) is 14.2. The van der Waals surface area contributed by atoms with Crippen molar-refractivity contribution in [3.63, 3.8) is 0 Å². The summed E-state index contributed by atoms with van der Waals surface area (Å²) in [7, 11) is 0. The van der Waals surface area contributed by atoms with Gasteiger partial charge in [-0.3, -0.25) is 4.79 Å². The van der Waals surface area contributed by atoms with E-state index in [1.807, 2.05) is 47.4 Å². The number of ether oxygens (including phenoxy) is 1. The Morgan fingerprint density at radius 1 is 1.08 bits per heavy atom. The zero-order chi connectivity index (χ0) is 17.2. The van der Waals surface area contributed by atoms with Crippen molar-refractivity contribution >= 4 is 5.91 Å². The number of hydrogen-bond donors (Lipinski definition) is 1. The van der Waals surface area contributed by atoms with Crippen molar-refractivity contribution in [2.45, 2.75) is 18.9 Å². The lowest BCUT2D eigenvalue weighted by Crippen LogP contribution is -2.39. The predicted molar refractivity (Wildman–Crippen MR) is 95.6 cm³/mol. The number of carbonyl (C=O) groups is 1. The first-order chi connectivity index (χ1) is 12.2. The SMILES string of the molecule is O=C(c1ccccc1OCCc1ccccc1)N1C[C@H]2C[C@H](O)[C@H]2C1. The molecule has 2 aliphatic rings. The van der Waals surface area contributed by atoms with E-state index in [2.05, 4.69) is 12.1 Å². The van der Waals surface area contributed by atoms with Crippen molar-refractivity contribution in [3.05, 3.63) is 65.7 Å². The number of benzene rings is 2. The van der Waals surface area contributed by atoms with Crippen molar-refractivity contribution in [2.75, 3.05) is 19.7 Å². The molecule has 1 amide bonds. The Kier molecular flexibility index (Phi) is 4.45. The summed E-state index contributed by atoms with van der Waals surface area (Å²) in [5.74, 6) is 1.38. The first-order valence-corrected chi connectivity index (χ1v) is 8.95. The summed E-state index contributed by atoms with van der Waals surface area (Å²) in [6, 6.07) is 17.6. The number of fused-ring (bicyclic) bond motifs is 1. The van der Waals surface area contributed by atoms with Gasteiger partial charge in [-0.2, -0.15) is 0 Å². The number of para-hydroxylation sites is 1. The molecule has 1 N–H and O–H groups in total. The molecule has 2 fully saturated rings. The maximum absolute atomic E-state index is 12.9. The average Bonchev–Trinajstić information content (AvgIpc) is 2.99. The van der Waals surface area contributed by atoms with E-state index in [1.165, 1.54) is 5.56 Å². The van der Waals surface area contributed by atoms with Gasteiger partial charge < -0.3 is 14.7 Å². The zero-order valence-electron chi connectivity index (χ0n) is 14.2. The normalized spacial score (nSPS) is 24.5. The molecule has 0 radical (unpaired) electrons. The molecule has 25 heavy (non-hydrogen) atoms. The number of nitrogens with zero attached hydrogens (tertiary/aromatic N) is 1. The molecule has 0 aromatic heterocycles. The minimum absolute atomic E-state index is 0.0110. The van der Waals surface area contributed by atoms with Crippen LogP contribution in [0.1, 0.15) is 22.3 Å². The lowest BCUT2D eigenvalue weighted by Gasteiger charge is -2.34. The molecule has 4 nitrogen and oxygen atoms in total. The lowest BCUT2D eigenvalue weighted by molar-refractivity contribution is -0.00427. The molecule has 2 aromatic carbocycles. The van der Waals surface area contributed by atoms with E-state index >= 15 is 0 Å². The molecule has 2 aromatic rings. The lowest BCUT2D eigenvalue weighted by atomic mass is 9.74. The van der Waals surface area contributed by atoms with Gasteiger partial charge in [0, 0.05) is 25.4 Å². The van der Waals surface area contributed by atoms with Crippen molar-refractivity contribution in [1.82, 2.24) is 4.90 Å². The fourth-order valence-corrected chi connectivity index (χ4v) is 3.90. The summed E-state index contributed by atoms with van der Waals surface area (Å²) in [5.41, 5.74) is 1.84. The van der Waals surface area contributed by atoms with E-state index in [-0.39, 0.29) is 17.9 Å². The highest BCUT2D eigenvalue weighted by Crippen LogP contribution is 2.41. The van der Waals surface area contributed by atoms with Crippen molar-refractivity contribution in [3.8, 4) is 5.75 Å². The number of hydrogen-bond acceptors (Lipinski definition) is 3. The maximum Gasteiger partial charge on any atom is 0.257 e. The number of carbonyl (C=O) groups excluding carboxylic acids is 1. The summed E-state index contributed by atoms with van der Waals surface area (Å²) in [6.07, 6.45) is 1.40. The standard InChI is InChI=1S/C21H23NO3/c23-19-12-16-13-22(14-18(16)19)21(24)17-8-4-5-9-20(17)25-11-10-15-6-2-1-3-7-15/h1-9,16,18-19,23H,10-14H2/t16-,18+,19+/m1/s1. The van der Waals surface area contributed by atoms with Crippen LogP contribution in [-0.4, -0.2) is 41.7 Å². The number of amides is 1. The Morgan fingerprint density at radius 2 is 1.84 bits per heavy atom. The number of aliphatic hydroxyl groups is 1. The van der Waals surface area contributed by atoms with E-state index in [4.69, 9.17) is 4.74 Å². The second-order valence-electron chi connectivity index (χ2n) is 7.02. The third-order valence-corrected chi connectivity index (χ3v) is 5.43. The van der Waals surface area contributed by atoms with Crippen molar-refractivity contribution in [1.29, 1.82) is 0 Å². The van der Waals surface area contributed by atoms with Crippen LogP contribution in [0.3, 0.4) is 0 Å². The van der Waals surface area contributed by atoms with Gasteiger partial charge in [-0.05, 0) is 30.0 Å².